The van der Waals surface area contributed by atoms with Crippen molar-refractivity contribution < 1.29 is 4.79 Å². The van der Waals surface area contributed by atoms with Gasteiger partial charge in [-0.3, -0.25) is 4.79 Å². The van der Waals surface area contributed by atoms with Crippen molar-refractivity contribution in [1.82, 2.24) is 14.8 Å². The number of fused-ring (bicyclic) bond motifs is 2. The lowest BCUT2D eigenvalue weighted by Gasteiger charge is -2.44. The van der Waals surface area contributed by atoms with Crippen LogP contribution in [0.15, 0.2) is 30.5 Å². The Labute approximate surface area is 175 Å². The minimum atomic E-state index is 0.227. The fourth-order valence-electron chi connectivity index (χ4n) is 5.49. The van der Waals surface area contributed by atoms with Crippen LogP contribution in [0.5, 0.6) is 0 Å². The first kappa shape index (κ1) is 20.5. The summed E-state index contributed by atoms with van der Waals surface area (Å²) in [4.78, 5) is 15.2. The fourth-order valence-corrected chi connectivity index (χ4v) is 5.49. The van der Waals surface area contributed by atoms with Crippen LogP contribution in [-0.4, -0.2) is 41.1 Å². The number of hydrogen-bond donors (Lipinski definition) is 1. The van der Waals surface area contributed by atoms with Gasteiger partial charge >= 0.3 is 0 Å². The van der Waals surface area contributed by atoms with Gasteiger partial charge in [-0.2, -0.15) is 0 Å². The highest BCUT2D eigenvalue weighted by Gasteiger charge is 2.32. The Morgan fingerprint density at radius 3 is 2.83 bits per heavy atom. The molecule has 2 aromatic rings. The molecule has 4 heteroatoms. The molecule has 0 bridgehead atoms. The molecule has 0 aliphatic carbocycles. The van der Waals surface area contributed by atoms with E-state index in [4.69, 9.17) is 0 Å². The van der Waals surface area contributed by atoms with E-state index in [2.05, 4.69) is 59.1 Å². The molecule has 1 amide bonds. The smallest absolute Gasteiger partial charge is 0.220 e. The number of piperidine rings is 2. The van der Waals surface area contributed by atoms with Gasteiger partial charge < -0.3 is 14.8 Å². The second kappa shape index (κ2) is 9.34. The molecule has 2 aliphatic heterocycles. The lowest BCUT2D eigenvalue weighted by Crippen LogP contribution is -2.50. The summed E-state index contributed by atoms with van der Waals surface area (Å²) >= 11 is 0. The van der Waals surface area contributed by atoms with Gasteiger partial charge in [0, 0.05) is 42.1 Å². The minimum Gasteiger partial charge on any atom is -0.356 e. The van der Waals surface area contributed by atoms with E-state index in [-0.39, 0.29) is 5.91 Å². The zero-order valence-corrected chi connectivity index (χ0v) is 18.2. The van der Waals surface area contributed by atoms with Crippen LogP contribution in [0.2, 0.25) is 0 Å². The number of aryl methyl sites for hydroxylation is 1. The average Bonchev–Trinajstić information content (AvgIpc) is 3.11. The summed E-state index contributed by atoms with van der Waals surface area (Å²) in [6.07, 6.45) is 11.4. The van der Waals surface area contributed by atoms with E-state index in [0.717, 1.165) is 19.4 Å². The second-order valence-corrected chi connectivity index (χ2v) is 9.33. The van der Waals surface area contributed by atoms with Gasteiger partial charge in [-0.05, 0) is 83.0 Å². The molecule has 29 heavy (non-hydrogen) atoms. The fraction of sp³-hybridized carbons (Fsp3) is 0.640. The summed E-state index contributed by atoms with van der Waals surface area (Å²) in [7, 11) is 0. The van der Waals surface area contributed by atoms with Crippen molar-refractivity contribution in [2.75, 3.05) is 19.6 Å². The zero-order chi connectivity index (χ0) is 20.2. The zero-order valence-electron chi connectivity index (χ0n) is 18.2. The molecular weight excluding hydrogens is 358 g/mol. The van der Waals surface area contributed by atoms with Crippen LogP contribution >= 0.6 is 0 Å². The van der Waals surface area contributed by atoms with Crippen LogP contribution < -0.4 is 5.32 Å². The van der Waals surface area contributed by atoms with Gasteiger partial charge in [0.1, 0.15) is 0 Å². The highest BCUT2D eigenvalue weighted by molar-refractivity contribution is 5.84. The van der Waals surface area contributed by atoms with Crippen molar-refractivity contribution in [3.8, 4) is 0 Å². The van der Waals surface area contributed by atoms with Crippen molar-refractivity contribution in [3.05, 3.63) is 36.0 Å². The molecule has 4 rings (SSSR count). The molecule has 0 radical (unpaired) electrons. The summed E-state index contributed by atoms with van der Waals surface area (Å²) in [5.74, 6) is 0.877. The molecule has 2 atom stereocenters. The molecule has 4 nitrogen and oxygen atoms in total. The summed E-state index contributed by atoms with van der Waals surface area (Å²) in [6, 6.07) is 9.79. The Balaban J connectivity index is 1.27. The van der Waals surface area contributed by atoms with E-state index in [1.54, 1.807) is 0 Å². The quantitative estimate of drug-likeness (QED) is 0.722. The molecule has 1 N–H and O–H groups in total. The predicted molar refractivity (Wildman–Crippen MR) is 120 cm³/mol. The van der Waals surface area contributed by atoms with E-state index >= 15 is 0 Å². The van der Waals surface area contributed by atoms with E-state index in [1.807, 2.05) is 0 Å². The lowest BCUT2D eigenvalue weighted by atomic mass is 9.83. The Morgan fingerprint density at radius 2 is 1.97 bits per heavy atom. The largest absolute Gasteiger partial charge is 0.356 e. The number of para-hydroxylation sites is 1. The number of nitrogens with zero attached hydrogens (tertiary/aromatic N) is 2. The summed E-state index contributed by atoms with van der Waals surface area (Å²) in [5.41, 5.74) is 2.67. The first-order valence-electron chi connectivity index (χ1n) is 11.7. The molecule has 1 aromatic heterocycles. The molecule has 2 fully saturated rings. The number of rotatable bonds is 7. The van der Waals surface area contributed by atoms with Gasteiger partial charge in [-0.25, -0.2) is 0 Å². The third-order valence-electron chi connectivity index (χ3n) is 7.02. The maximum absolute atomic E-state index is 12.5. The van der Waals surface area contributed by atoms with Crippen molar-refractivity contribution in [2.24, 2.45) is 5.92 Å². The Morgan fingerprint density at radius 1 is 1.14 bits per heavy atom. The molecule has 0 spiro atoms. The topological polar surface area (TPSA) is 37.3 Å². The molecule has 2 saturated heterocycles. The average molecular weight is 396 g/mol. The third-order valence-corrected chi connectivity index (χ3v) is 7.02. The normalized spacial score (nSPS) is 22.7. The number of amides is 1. The van der Waals surface area contributed by atoms with Crippen LogP contribution in [0.1, 0.15) is 70.4 Å². The number of benzene rings is 1. The van der Waals surface area contributed by atoms with Crippen LogP contribution in [0.4, 0.5) is 0 Å². The standard InChI is InChI=1S/C25H37N3O/c1-19(2)28-18-21(22-11-3-4-13-24(22)28)9-7-14-25(29)26-17-20-10-8-16-27-15-6-5-12-23(20)27/h3-4,11,13,18-20,23H,5-10,12,14-17H2,1-2H3,(H,26,29). The maximum atomic E-state index is 12.5. The van der Waals surface area contributed by atoms with Gasteiger partial charge in [0.15, 0.2) is 0 Å². The first-order chi connectivity index (χ1) is 14.1. The number of carbonyl (C=O) groups excluding carboxylic acids is 1. The third kappa shape index (κ3) is 4.69. The Bertz CT molecular complexity index is 823. The number of aromatic nitrogens is 1. The SMILES string of the molecule is CC(C)n1cc(CCCC(=O)NCC2CCCN3CCCCC23)c2ccccc21. The van der Waals surface area contributed by atoms with E-state index in [0.29, 0.717) is 24.4 Å². The van der Waals surface area contributed by atoms with E-state index in [9.17, 15) is 4.79 Å². The number of nitrogens with one attached hydrogen (secondary N) is 1. The molecule has 2 aliphatic rings. The molecule has 2 unspecified atom stereocenters. The van der Waals surface area contributed by atoms with Crippen molar-refractivity contribution >= 4 is 16.8 Å². The molecule has 0 saturated carbocycles. The van der Waals surface area contributed by atoms with Crippen LogP contribution in [-0.2, 0) is 11.2 Å². The summed E-state index contributed by atoms with van der Waals surface area (Å²) in [6.45, 7) is 7.84. The monoisotopic (exact) mass is 395 g/mol. The number of hydrogen-bond acceptors (Lipinski definition) is 2. The molecular formula is C25H37N3O. The highest BCUT2D eigenvalue weighted by Crippen LogP contribution is 2.30. The van der Waals surface area contributed by atoms with Gasteiger partial charge in [0.2, 0.25) is 5.91 Å². The Hall–Kier alpha value is -1.81. The van der Waals surface area contributed by atoms with Gasteiger partial charge in [-0.1, -0.05) is 24.6 Å². The lowest BCUT2D eigenvalue weighted by molar-refractivity contribution is -0.121. The predicted octanol–water partition coefficient (Wildman–Crippen LogP) is 4.93. The van der Waals surface area contributed by atoms with E-state index < -0.39 is 0 Å². The summed E-state index contributed by atoms with van der Waals surface area (Å²) in [5, 5.41) is 4.60. The van der Waals surface area contributed by atoms with Gasteiger partial charge in [-0.15, -0.1) is 0 Å². The molecule has 158 valence electrons. The number of carbonyl (C=O) groups is 1. The Kier molecular flexibility index (Phi) is 6.59. The minimum absolute atomic E-state index is 0.227. The van der Waals surface area contributed by atoms with Crippen LogP contribution in [0.3, 0.4) is 0 Å². The van der Waals surface area contributed by atoms with Crippen molar-refractivity contribution in [2.45, 2.75) is 77.3 Å². The van der Waals surface area contributed by atoms with Gasteiger partial charge in [0.25, 0.3) is 0 Å². The van der Waals surface area contributed by atoms with Gasteiger partial charge in [0.05, 0.1) is 0 Å². The van der Waals surface area contributed by atoms with Crippen LogP contribution in [0, 0.1) is 5.92 Å². The summed E-state index contributed by atoms with van der Waals surface area (Å²) < 4.78 is 2.35. The molecule has 3 heterocycles. The van der Waals surface area contributed by atoms with E-state index in [1.165, 1.54) is 61.7 Å². The van der Waals surface area contributed by atoms with Crippen molar-refractivity contribution in [3.63, 3.8) is 0 Å². The highest BCUT2D eigenvalue weighted by atomic mass is 16.1. The molecule has 1 aromatic carbocycles. The van der Waals surface area contributed by atoms with Crippen molar-refractivity contribution in [1.29, 1.82) is 0 Å². The van der Waals surface area contributed by atoms with Crippen LogP contribution in [0.25, 0.3) is 10.9 Å². The first-order valence-corrected chi connectivity index (χ1v) is 11.7. The maximum Gasteiger partial charge on any atom is 0.220 e. The second-order valence-electron chi connectivity index (χ2n) is 9.33.